The van der Waals surface area contributed by atoms with E-state index in [-0.39, 0.29) is 0 Å². The Kier molecular flexibility index (Phi) is 6.61. The van der Waals surface area contributed by atoms with Crippen molar-refractivity contribution in [3.8, 4) is 34.3 Å². The van der Waals surface area contributed by atoms with Crippen LogP contribution >= 0.6 is 0 Å². The molecule has 0 saturated carbocycles. The summed E-state index contributed by atoms with van der Waals surface area (Å²) in [5.41, 5.74) is 12.6. The number of hydrogen-bond donors (Lipinski definition) is 0. The summed E-state index contributed by atoms with van der Waals surface area (Å²) >= 11 is 0. The third kappa shape index (κ3) is 4.45. The van der Waals surface area contributed by atoms with Crippen molar-refractivity contribution in [3.63, 3.8) is 0 Å². The molecule has 55 heavy (non-hydrogen) atoms. The Morgan fingerprint density at radius 3 is 1.56 bits per heavy atom. The molecular formula is C50H29N5. The Morgan fingerprint density at radius 1 is 0.418 bits per heavy atom. The lowest BCUT2D eigenvalue weighted by molar-refractivity contribution is 1.16. The zero-order valence-electron chi connectivity index (χ0n) is 29.5. The Labute approximate surface area is 316 Å². The lowest BCUT2D eigenvalue weighted by Gasteiger charge is -2.14. The van der Waals surface area contributed by atoms with E-state index < -0.39 is 0 Å². The van der Waals surface area contributed by atoms with Crippen LogP contribution in [-0.2, 0) is 0 Å². The van der Waals surface area contributed by atoms with Gasteiger partial charge in [-0.25, -0.2) is 4.85 Å². The Morgan fingerprint density at radius 2 is 0.909 bits per heavy atom. The van der Waals surface area contributed by atoms with Crippen LogP contribution in [0.2, 0.25) is 0 Å². The summed E-state index contributed by atoms with van der Waals surface area (Å²) in [6.45, 7) is 7.82. The standard InChI is InChI=1S/C50H29N5/c1-52-43-18-11-23-49-50(43)41-17-5-9-22-47(41)55(49)35-24-26-37(33(29-35)31-51)32-12-10-13-34(28-32)53-46-21-8-4-16-40(46)42-30-36(25-27-48(42)53)54-44-19-6-2-14-38(44)39-15-3-7-20-45(39)54/h2-30H. The van der Waals surface area contributed by atoms with Gasteiger partial charge in [0.25, 0.3) is 0 Å². The summed E-state index contributed by atoms with van der Waals surface area (Å²) < 4.78 is 6.86. The minimum atomic E-state index is 0.583. The third-order valence-corrected chi connectivity index (χ3v) is 11.1. The van der Waals surface area contributed by atoms with E-state index in [2.05, 4.69) is 164 Å². The molecule has 0 aliphatic carbocycles. The molecule has 0 aliphatic heterocycles. The van der Waals surface area contributed by atoms with E-state index in [0.29, 0.717) is 11.3 Å². The average Bonchev–Trinajstić information content (AvgIpc) is 3.89. The second kappa shape index (κ2) is 11.8. The van der Waals surface area contributed by atoms with E-state index in [0.717, 1.165) is 61.0 Å². The van der Waals surface area contributed by atoms with Gasteiger partial charge in [0, 0.05) is 49.5 Å². The number of nitriles is 1. The number of hydrogen-bond acceptors (Lipinski definition) is 1. The van der Waals surface area contributed by atoms with Crippen LogP contribution in [0.5, 0.6) is 0 Å². The number of aromatic nitrogens is 3. The monoisotopic (exact) mass is 699 g/mol. The smallest absolute Gasteiger partial charge is 0.197 e. The fraction of sp³-hybridized carbons (Fsp3) is 0. The highest BCUT2D eigenvalue weighted by Crippen LogP contribution is 2.40. The van der Waals surface area contributed by atoms with E-state index in [1.165, 1.54) is 32.6 Å². The number of rotatable bonds is 4. The van der Waals surface area contributed by atoms with Crippen molar-refractivity contribution >= 4 is 71.1 Å². The predicted octanol–water partition coefficient (Wildman–Crippen LogP) is 13.1. The molecule has 5 heteroatoms. The average molecular weight is 700 g/mol. The van der Waals surface area contributed by atoms with Gasteiger partial charge in [0.15, 0.2) is 5.69 Å². The molecule has 0 unspecified atom stereocenters. The maximum absolute atomic E-state index is 10.6. The van der Waals surface area contributed by atoms with Crippen LogP contribution in [-0.4, -0.2) is 13.7 Å². The lowest BCUT2D eigenvalue weighted by atomic mass is 9.99. The van der Waals surface area contributed by atoms with Gasteiger partial charge < -0.3 is 13.7 Å². The minimum absolute atomic E-state index is 0.583. The summed E-state index contributed by atoms with van der Waals surface area (Å²) in [6, 6.07) is 63.7. The van der Waals surface area contributed by atoms with Crippen LogP contribution in [0.3, 0.4) is 0 Å². The second-order valence-corrected chi connectivity index (χ2v) is 14.0. The molecule has 5 nitrogen and oxygen atoms in total. The fourth-order valence-corrected chi connectivity index (χ4v) is 8.78. The van der Waals surface area contributed by atoms with Crippen molar-refractivity contribution in [3.05, 3.63) is 193 Å². The van der Waals surface area contributed by atoms with Gasteiger partial charge in [-0.1, -0.05) is 103 Å². The Bertz CT molecular complexity index is 3420. The highest BCUT2D eigenvalue weighted by molar-refractivity contribution is 6.15. The number of fused-ring (bicyclic) bond motifs is 9. The molecule has 0 aliphatic rings. The molecule has 254 valence electrons. The molecule has 0 atom stereocenters. The van der Waals surface area contributed by atoms with E-state index in [4.69, 9.17) is 6.57 Å². The first-order chi connectivity index (χ1) is 27.2. The van der Waals surface area contributed by atoms with Gasteiger partial charge in [-0.2, -0.15) is 5.26 Å². The highest BCUT2D eigenvalue weighted by Gasteiger charge is 2.19. The fourth-order valence-electron chi connectivity index (χ4n) is 8.78. The second-order valence-electron chi connectivity index (χ2n) is 14.0. The molecular weight excluding hydrogens is 671 g/mol. The Balaban J connectivity index is 1.06. The molecule has 0 radical (unpaired) electrons. The van der Waals surface area contributed by atoms with Gasteiger partial charge in [0.05, 0.1) is 45.8 Å². The van der Waals surface area contributed by atoms with E-state index in [1.54, 1.807) is 0 Å². The minimum Gasteiger partial charge on any atom is -0.311 e. The molecule has 8 aromatic carbocycles. The molecule has 11 rings (SSSR count). The first-order valence-corrected chi connectivity index (χ1v) is 18.3. The maximum Gasteiger partial charge on any atom is 0.197 e. The van der Waals surface area contributed by atoms with Crippen molar-refractivity contribution < 1.29 is 0 Å². The van der Waals surface area contributed by atoms with Crippen LogP contribution in [0.1, 0.15) is 5.56 Å². The molecule has 0 N–H and O–H groups in total. The van der Waals surface area contributed by atoms with Gasteiger partial charge in [-0.05, 0) is 89.3 Å². The van der Waals surface area contributed by atoms with E-state index in [9.17, 15) is 5.26 Å². The molecule has 0 fully saturated rings. The highest BCUT2D eigenvalue weighted by atomic mass is 15.0. The SMILES string of the molecule is [C-]#[N+]c1cccc2c1c1ccccc1n2-c1ccc(-c2cccc(-n3c4ccccc4c4cc(-n5c6ccccc6c6ccccc65)ccc43)c2)c(C#N)c1. The van der Waals surface area contributed by atoms with Crippen molar-refractivity contribution in [2.45, 2.75) is 0 Å². The number of nitrogens with zero attached hydrogens (tertiary/aromatic N) is 5. The van der Waals surface area contributed by atoms with Crippen LogP contribution in [0.15, 0.2) is 176 Å². The molecule has 0 bridgehead atoms. The van der Waals surface area contributed by atoms with E-state index in [1.807, 2.05) is 36.4 Å². The van der Waals surface area contributed by atoms with Gasteiger partial charge in [-0.3, -0.25) is 0 Å². The largest absolute Gasteiger partial charge is 0.311 e. The summed E-state index contributed by atoms with van der Waals surface area (Å²) in [4.78, 5) is 3.83. The zero-order chi connectivity index (χ0) is 36.6. The van der Waals surface area contributed by atoms with Crippen molar-refractivity contribution in [1.29, 1.82) is 5.26 Å². The van der Waals surface area contributed by atoms with Gasteiger partial charge >= 0.3 is 0 Å². The first kappa shape index (κ1) is 30.7. The summed E-state index contributed by atoms with van der Waals surface area (Å²) in [5.74, 6) is 0. The summed E-state index contributed by atoms with van der Waals surface area (Å²) in [5, 5.41) is 17.4. The predicted molar refractivity (Wildman–Crippen MR) is 226 cm³/mol. The molecule has 11 aromatic rings. The van der Waals surface area contributed by atoms with E-state index >= 15 is 0 Å². The van der Waals surface area contributed by atoms with Gasteiger partial charge in [-0.15, -0.1) is 0 Å². The third-order valence-electron chi connectivity index (χ3n) is 11.1. The molecule has 0 saturated heterocycles. The Hall–Kier alpha value is -7.86. The van der Waals surface area contributed by atoms with Crippen LogP contribution in [0.4, 0.5) is 5.69 Å². The molecule has 3 heterocycles. The van der Waals surface area contributed by atoms with Crippen LogP contribution < -0.4 is 0 Å². The summed E-state index contributed by atoms with van der Waals surface area (Å²) in [7, 11) is 0. The van der Waals surface area contributed by atoms with Crippen LogP contribution in [0, 0.1) is 17.9 Å². The normalized spacial score (nSPS) is 11.6. The van der Waals surface area contributed by atoms with Gasteiger partial charge in [0.1, 0.15) is 0 Å². The van der Waals surface area contributed by atoms with Crippen molar-refractivity contribution in [2.75, 3.05) is 0 Å². The topological polar surface area (TPSA) is 42.9 Å². The molecule has 3 aromatic heterocycles. The zero-order valence-corrected chi connectivity index (χ0v) is 29.5. The quantitative estimate of drug-likeness (QED) is 0.169. The first-order valence-electron chi connectivity index (χ1n) is 18.3. The number of benzene rings is 8. The van der Waals surface area contributed by atoms with Crippen LogP contribution in [0.25, 0.3) is 98.5 Å². The maximum atomic E-state index is 10.6. The van der Waals surface area contributed by atoms with Crippen molar-refractivity contribution in [1.82, 2.24) is 13.7 Å². The molecule has 0 spiro atoms. The van der Waals surface area contributed by atoms with Crippen molar-refractivity contribution in [2.24, 2.45) is 0 Å². The van der Waals surface area contributed by atoms with Gasteiger partial charge in [0.2, 0.25) is 0 Å². The lowest BCUT2D eigenvalue weighted by Crippen LogP contribution is -1.97. The number of para-hydroxylation sites is 4. The summed E-state index contributed by atoms with van der Waals surface area (Å²) in [6.07, 6.45) is 0. The molecule has 0 amide bonds.